The Morgan fingerprint density at radius 3 is 2.63 bits per heavy atom. The molecule has 1 amide bonds. The van der Waals surface area contributed by atoms with E-state index in [0.29, 0.717) is 17.8 Å². The Morgan fingerprint density at radius 2 is 1.87 bits per heavy atom. The molecule has 3 aromatic rings. The van der Waals surface area contributed by atoms with Gasteiger partial charge in [-0.05, 0) is 39.1 Å². The van der Waals surface area contributed by atoms with Gasteiger partial charge in [0.15, 0.2) is 6.10 Å². The van der Waals surface area contributed by atoms with E-state index in [2.05, 4.69) is 10.2 Å². The maximum atomic E-state index is 13.2. The monoisotopic (exact) mass is 403 g/mol. The van der Waals surface area contributed by atoms with Gasteiger partial charge in [-0.1, -0.05) is 35.9 Å². The van der Waals surface area contributed by atoms with Crippen molar-refractivity contribution < 1.29 is 14.3 Å². The molecule has 1 N–H and O–H groups in total. The number of esters is 1. The number of anilines is 1. The third-order valence-electron chi connectivity index (χ3n) is 5.41. The molecule has 0 radical (unpaired) electrons. The van der Waals surface area contributed by atoms with Crippen LogP contribution in [0, 0.1) is 6.92 Å². The Hall–Kier alpha value is -3.25. The van der Waals surface area contributed by atoms with Gasteiger partial charge >= 0.3 is 5.97 Å². The molecule has 6 nitrogen and oxygen atoms in total. The van der Waals surface area contributed by atoms with Gasteiger partial charge in [0.25, 0.3) is 5.91 Å². The number of para-hydroxylation sites is 1. The zero-order chi connectivity index (χ0) is 21.3. The van der Waals surface area contributed by atoms with Crippen molar-refractivity contribution in [2.75, 3.05) is 18.9 Å². The molecule has 0 spiro atoms. The van der Waals surface area contributed by atoms with Gasteiger partial charge in [-0.25, -0.2) is 4.79 Å². The summed E-state index contributed by atoms with van der Waals surface area (Å²) in [4.78, 5) is 32.7. The molecule has 6 heteroatoms. The number of carbonyl (C=O) groups is 2. The first-order valence-electron chi connectivity index (χ1n) is 10.1. The number of amides is 1. The van der Waals surface area contributed by atoms with E-state index in [0.717, 1.165) is 40.7 Å². The van der Waals surface area contributed by atoms with Crippen molar-refractivity contribution in [2.45, 2.75) is 32.9 Å². The SMILES string of the molecule is Cc1ccc(NC(=O)C(C)OC(=O)c2c3c(nc4ccccc24)CCN(C)C3)cc1. The van der Waals surface area contributed by atoms with Crippen LogP contribution in [0.1, 0.15) is 34.1 Å². The van der Waals surface area contributed by atoms with Crippen molar-refractivity contribution in [3.05, 3.63) is 70.9 Å². The molecule has 0 fully saturated rings. The lowest BCUT2D eigenvalue weighted by Gasteiger charge is -2.27. The van der Waals surface area contributed by atoms with Crippen LogP contribution in [0.15, 0.2) is 48.5 Å². The van der Waals surface area contributed by atoms with Crippen LogP contribution in [-0.4, -0.2) is 41.5 Å². The molecule has 1 unspecified atom stereocenters. The quantitative estimate of drug-likeness (QED) is 0.673. The predicted octanol–water partition coefficient (Wildman–Crippen LogP) is 3.72. The predicted molar refractivity (Wildman–Crippen MR) is 116 cm³/mol. The summed E-state index contributed by atoms with van der Waals surface area (Å²) in [6.07, 6.45) is -0.150. The molecule has 0 saturated carbocycles. The molecule has 1 aliphatic rings. The summed E-state index contributed by atoms with van der Waals surface area (Å²) >= 11 is 0. The highest BCUT2D eigenvalue weighted by molar-refractivity contribution is 6.06. The van der Waals surface area contributed by atoms with Crippen molar-refractivity contribution >= 4 is 28.5 Å². The molecule has 0 saturated heterocycles. The van der Waals surface area contributed by atoms with Crippen LogP contribution in [0.25, 0.3) is 10.9 Å². The molecule has 4 rings (SSSR count). The third kappa shape index (κ3) is 4.04. The van der Waals surface area contributed by atoms with Crippen LogP contribution in [0.5, 0.6) is 0 Å². The van der Waals surface area contributed by atoms with Crippen LogP contribution >= 0.6 is 0 Å². The highest BCUT2D eigenvalue weighted by Gasteiger charge is 2.27. The van der Waals surface area contributed by atoms with Crippen LogP contribution in [0.3, 0.4) is 0 Å². The van der Waals surface area contributed by atoms with Gasteiger partial charge < -0.3 is 15.0 Å². The number of rotatable bonds is 4. The summed E-state index contributed by atoms with van der Waals surface area (Å²) in [5, 5.41) is 3.55. The molecular weight excluding hydrogens is 378 g/mol. The van der Waals surface area contributed by atoms with Crippen LogP contribution in [0.4, 0.5) is 5.69 Å². The van der Waals surface area contributed by atoms with Crippen LogP contribution < -0.4 is 5.32 Å². The largest absolute Gasteiger partial charge is 0.449 e. The highest BCUT2D eigenvalue weighted by Crippen LogP contribution is 2.28. The summed E-state index contributed by atoms with van der Waals surface area (Å²) in [6, 6.07) is 15.0. The fraction of sp³-hybridized carbons (Fsp3) is 0.292. The van der Waals surface area contributed by atoms with Crippen molar-refractivity contribution in [1.29, 1.82) is 0 Å². The summed E-state index contributed by atoms with van der Waals surface area (Å²) in [7, 11) is 2.02. The van der Waals surface area contributed by atoms with Crippen LogP contribution in [0.2, 0.25) is 0 Å². The van der Waals surface area contributed by atoms with E-state index in [1.54, 1.807) is 6.92 Å². The van der Waals surface area contributed by atoms with Gasteiger partial charge in [0, 0.05) is 41.8 Å². The summed E-state index contributed by atoms with van der Waals surface area (Å²) in [6.45, 7) is 5.08. The van der Waals surface area contributed by atoms with Gasteiger partial charge in [0.1, 0.15) is 0 Å². The maximum Gasteiger partial charge on any atom is 0.339 e. The van der Waals surface area contributed by atoms with Gasteiger partial charge in [-0.3, -0.25) is 9.78 Å². The Kier molecular flexibility index (Phi) is 5.50. The molecule has 2 heterocycles. The molecule has 2 aromatic carbocycles. The Labute approximate surface area is 175 Å². The average Bonchev–Trinajstić information content (AvgIpc) is 2.73. The summed E-state index contributed by atoms with van der Waals surface area (Å²) in [5.41, 5.74) is 4.87. The lowest BCUT2D eigenvalue weighted by molar-refractivity contribution is -0.123. The van der Waals surface area contributed by atoms with Crippen molar-refractivity contribution in [1.82, 2.24) is 9.88 Å². The average molecular weight is 403 g/mol. The number of likely N-dealkylation sites (N-methyl/N-ethyl adjacent to an activating group) is 1. The van der Waals surface area contributed by atoms with E-state index in [1.807, 2.05) is 62.5 Å². The molecule has 154 valence electrons. The second kappa shape index (κ2) is 8.24. The summed E-state index contributed by atoms with van der Waals surface area (Å²) in [5.74, 6) is -0.858. The first kappa shape index (κ1) is 20.0. The van der Waals surface area contributed by atoms with E-state index >= 15 is 0 Å². The minimum Gasteiger partial charge on any atom is -0.449 e. The first-order chi connectivity index (χ1) is 14.4. The zero-order valence-corrected chi connectivity index (χ0v) is 17.4. The van der Waals surface area contributed by atoms with Crippen LogP contribution in [-0.2, 0) is 22.5 Å². The standard InChI is InChI=1S/C24H25N3O3/c1-15-8-10-17(11-9-15)25-23(28)16(2)30-24(29)22-18-6-4-5-7-20(18)26-21-12-13-27(3)14-19(21)22/h4-11,16H,12-14H2,1-3H3,(H,25,28). The lowest BCUT2D eigenvalue weighted by atomic mass is 9.96. The number of aromatic nitrogens is 1. The number of hydrogen-bond donors (Lipinski definition) is 1. The Bertz CT molecular complexity index is 1110. The zero-order valence-electron chi connectivity index (χ0n) is 17.4. The molecule has 30 heavy (non-hydrogen) atoms. The highest BCUT2D eigenvalue weighted by atomic mass is 16.5. The second-order valence-corrected chi connectivity index (χ2v) is 7.82. The number of ether oxygens (including phenoxy) is 1. The number of aryl methyl sites for hydroxylation is 1. The van der Waals surface area contributed by atoms with Gasteiger partial charge in [0.05, 0.1) is 11.1 Å². The normalized spacial score (nSPS) is 14.8. The fourth-order valence-electron chi connectivity index (χ4n) is 3.71. The Balaban J connectivity index is 1.60. The van der Waals surface area contributed by atoms with Crippen molar-refractivity contribution in [3.8, 4) is 0 Å². The molecule has 1 aromatic heterocycles. The lowest BCUT2D eigenvalue weighted by Crippen LogP contribution is -2.32. The minimum absolute atomic E-state index is 0.364. The Morgan fingerprint density at radius 1 is 1.13 bits per heavy atom. The topological polar surface area (TPSA) is 71.5 Å². The third-order valence-corrected chi connectivity index (χ3v) is 5.41. The van der Waals surface area contributed by atoms with Crippen molar-refractivity contribution in [3.63, 3.8) is 0 Å². The van der Waals surface area contributed by atoms with E-state index in [-0.39, 0.29) is 5.91 Å². The molecular formula is C24H25N3O3. The minimum atomic E-state index is -0.928. The molecule has 1 aliphatic heterocycles. The van der Waals surface area contributed by atoms with E-state index < -0.39 is 12.1 Å². The number of hydrogen-bond acceptors (Lipinski definition) is 5. The number of pyridine rings is 1. The summed E-state index contributed by atoms with van der Waals surface area (Å²) < 4.78 is 5.61. The molecule has 0 bridgehead atoms. The molecule has 1 atom stereocenters. The van der Waals surface area contributed by atoms with Crippen molar-refractivity contribution in [2.24, 2.45) is 0 Å². The number of fused-ring (bicyclic) bond motifs is 2. The number of nitrogens with one attached hydrogen (secondary N) is 1. The van der Waals surface area contributed by atoms with E-state index in [9.17, 15) is 9.59 Å². The number of nitrogens with zero attached hydrogens (tertiary/aromatic N) is 2. The molecule has 0 aliphatic carbocycles. The first-order valence-corrected chi connectivity index (χ1v) is 10.1. The second-order valence-electron chi connectivity index (χ2n) is 7.82. The fourth-order valence-corrected chi connectivity index (χ4v) is 3.71. The van der Waals surface area contributed by atoms with Gasteiger partial charge in [-0.15, -0.1) is 0 Å². The maximum absolute atomic E-state index is 13.2. The van der Waals surface area contributed by atoms with Gasteiger partial charge in [0.2, 0.25) is 0 Å². The number of carbonyl (C=O) groups excluding carboxylic acids is 2. The van der Waals surface area contributed by atoms with E-state index in [1.165, 1.54) is 0 Å². The van der Waals surface area contributed by atoms with Gasteiger partial charge in [-0.2, -0.15) is 0 Å². The smallest absolute Gasteiger partial charge is 0.339 e. The van der Waals surface area contributed by atoms with E-state index in [4.69, 9.17) is 9.72 Å². The number of benzene rings is 2.